The smallest absolute Gasteiger partial charge is 0.251 e. The molecule has 7 nitrogen and oxygen atoms in total. The van der Waals surface area contributed by atoms with Crippen LogP contribution >= 0.6 is 0 Å². The number of carbonyl (C=O) groups is 1. The zero-order valence-electron chi connectivity index (χ0n) is 16.5. The van der Waals surface area contributed by atoms with Crippen molar-refractivity contribution in [3.63, 3.8) is 0 Å². The molecule has 29 heavy (non-hydrogen) atoms. The summed E-state index contributed by atoms with van der Waals surface area (Å²) in [7, 11) is 3.20. The molecule has 3 rings (SSSR count). The van der Waals surface area contributed by atoms with E-state index in [4.69, 9.17) is 14.2 Å². The lowest BCUT2D eigenvalue weighted by Crippen LogP contribution is -2.28. The van der Waals surface area contributed by atoms with Gasteiger partial charge in [-0.15, -0.1) is 0 Å². The van der Waals surface area contributed by atoms with Crippen molar-refractivity contribution in [1.29, 1.82) is 0 Å². The highest BCUT2D eigenvalue weighted by Crippen LogP contribution is 2.19. The normalized spacial score (nSPS) is 10.6. The van der Waals surface area contributed by atoms with Crippen LogP contribution < -0.4 is 25.1 Å². The average molecular weight is 396 g/mol. The Balaban J connectivity index is 1.47. The number of amides is 1. The van der Waals surface area contributed by atoms with E-state index in [2.05, 4.69) is 10.3 Å². The zero-order valence-corrected chi connectivity index (χ0v) is 16.5. The molecule has 0 atom stereocenters. The molecule has 1 aromatic heterocycles. The van der Waals surface area contributed by atoms with Crippen molar-refractivity contribution in [3.8, 4) is 17.2 Å². The van der Waals surface area contributed by atoms with E-state index in [0.29, 0.717) is 36.6 Å². The van der Waals surface area contributed by atoms with Gasteiger partial charge in [-0.25, -0.2) is 0 Å². The second-order valence-electron chi connectivity index (χ2n) is 6.45. The monoisotopic (exact) mass is 396 g/mol. The van der Waals surface area contributed by atoms with Gasteiger partial charge in [-0.3, -0.25) is 9.59 Å². The summed E-state index contributed by atoms with van der Waals surface area (Å²) >= 11 is 0. The maximum Gasteiger partial charge on any atom is 0.251 e. The predicted molar refractivity (Wildman–Crippen MR) is 111 cm³/mol. The van der Waals surface area contributed by atoms with E-state index in [9.17, 15) is 9.59 Å². The first-order valence-corrected chi connectivity index (χ1v) is 9.32. The SMILES string of the molecule is COc1ccc(OCCNC(=O)CCc2cc3cc(OC)ccc3[nH]c2=O)cc1. The number of aryl methyl sites for hydroxylation is 1. The number of ether oxygens (including phenoxy) is 3. The third-order valence-electron chi connectivity index (χ3n) is 4.50. The summed E-state index contributed by atoms with van der Waals surface area (Å²) in [4.78, 5) is 27.1. The molecule has 0 radical (unpaired) electrons. The number of nitrogens with one attached hydrogen (secondary N) is 2. The molecule has 1 amide bonds. The molecule has 1 heterocycles. The second-order valence-corrected chi connectivity index (χ2v) is 6.45. The highest BCUT2D eigenvalue weighted by Gasteiger charge is 2.08. The number of hydrogen-bond acceptors (Lipinski definition) is 5. The van der Waals surface area contributed by atoms with Crippen molar-refractivity contribution in [2.24, 2.45) is 0 Å². The van der Waals surface area contributed by atoms with Crippen molar-refractivity contribution in [1.82, 2.24) is 10.3 Å². The summed E-state index contributed by atoms with van der Waals surface area (Å²) in [5, 5.41) is 3.67. The third kappa shape index (κ3) is 5.51. The van der Waals surface area contributed by atoms with Gasteiger partial charge < -0.3 is 24.5 Å². The van der Waals surface area contributed by atoms with Gasteiger partial charge in [0.2, 0.25) is 5.91 Å². The van der Waals surface area contributed by atoms with Crippen LogP contribution in [0.5, 0.6) is 17.2 Å². The van der Waals surface area contributed by atoms with Crippen LogP contribution in [0.2, 0.25) is 0 Å². The first-order chi connectivity index (χ1) is 14.1. The van der Waals surface area contributed by atoms with E-state index < -0.39 is 0 Å². The van der Waals surface area contributed by atoms with Crippen LogP contribution in [0.1, 0.15) is 12.0 Å². The molecular formula is C22H24N2O5. The van der Waals surface area contributed by atoms with Gasteiger partial charge >= 0.3 is 0 Å². The third-order valence-corrected chi connectivity index (χ3v) is 4.50. The Hall–Kier alpha value is -3.48. The van der Waals surface area contributed by atoms with E-state index in [1.165, 1.54) is 0 Å². The van der Waals surface area contributed by atoms with Crippen LogP contribution in [0.25, 0.3) is 10.9 Å². The lowest BCUT2D eigenvalue weighted by atomic mass is 10.1. The van der Waals surface area contributed by atoms with Gasteiger partial charge in [-0.1, -0.05) is 0 Å². The number of carbonyl (C=O) groups excluding carboxylic acids is 1. The predicted octanol–water partition coefficient (Wildman–Crippen LogP) is 2.67. The van der Waals surface area contributed by atoms with Gasteiger partial charge in [0.05, 0.1) is 20.8 Å². The van der Waals surface area contributed by atoms with Crippen LogP contribution in [-0.2, 0) is 11.2 Å². The number of aromatic amines is 1. The van der Waals surface area contributed by atoms with Crippen molar-refractivity contribution in [3.05, 3.63) is 64.4 Å². The molecule has 152 valence electrons. The van der Waals surface area contributed by atoms with Gasteiger partial charge in [0.15, 0.2) is 0 Å². The molecule has 0 aliphatic rings. The summed E-state index contributed by atoms with van der Waals surface area (Å²) in [5.41, 5.74) is 1.12. The lowest BCUT2D eigenvalue weighted by Gasteiger charge is -2.09. The Morgan fingerprint density at radius 2 is 1.66 bits per heavy atom. The number of hydrogen-bond donors (Lipinski definition) is 2. The fraction of sp³-hybridized carbons (Fsp3) is 0.273. The topological polar surface area (TPSA) is 89.7 Å². The molecular weight excluding hydrogens is 372 g/mol. The highest BCUT2D eigenvalue weighted by molar-refractivity contribution is 5.81. The number of methoxy groups -OCH3 is 2. The minimum atomic E-state index is -0.182. The number of benzene rings is 2. The van der Waals surface area contributed by atoms with Crippen LogP contribution in [-0.4, -0.2) is 38.3 Å². The molecule has 0 spiro atoms. The average Bonchev–Trinajstić information content (AvgIpc) is 2.75. The fourth-order valence-corrected chi connectivity index (χ4v) is 2.91. The number of H-pyrrole nitrogens is 1. The van der Waals surface area contributed by atoms with Crippen LogP contribution in [0, 0.1) is 0 Å². The molecule has 2 N–H and O–H groups in total. The second kappa shape index (κ2) is 9.64. The highest BCUT2D eigenvalue weighted by atomic mass is 16.5. The Bertz CT molecular complexity index is 1030. The van der Waals surface area contributed by atoms with E-state index in [0.717, 1.165) is 16.7 Å². The number of fused-ring (bicyclic) bond motifs is 1. The molecule has 0 aliphatic carbocycles. The van der Waals surface area contributed by atoms with E-state index in [-0.39, 0.29) is 17.9 Å². The summed E-state index contributed by atoms with van der Waals surface area (Å²) in [5.74, 6) is 2.05. The molecule has 3 aromatic rings. The Morgan fingerprint density at radius 3 is 2.38 bits per heavy atom. The summed E-state index contributed by atoms with van der Waals surface area (Å²) in [6.45, 7) is 0.741. The van der Waals surface area contributed by atoms with E-state index >= 15 is 0 Å². The minimum Gasteiger partial charge on any atom is -0.497 e. The maximum atomic E-state index is 12.2. The lowest BCUT2D eigenvalue weighted by molar-refractivity contribution is -0.121. The Morgan fingerprint density at radius 1 is 0.966 bits per heavy atom. The quantitative estimate of drug-likeness (QED) is 0.543. The van der Waals surface area contributed by atoms with Crippen LogP contribution in [0.3, 0.4) is 0 Å². The summed E-state index contributed by atoms with van der Waals surface area (Å²) in [6, 6.07) is 14.5. The molecule has 0 saturated heterocycles. The van der Waals surface area contributed by atoms with Gasteiger partial charge in [-0.05, 0) is 55.0 Å². The molecule has 0 aliphatic heterocycles. The van der Waals surface area contributed by atoms with Gasteiger partial charge in [0.25, 0.3) is 5.56 Å². The summed E-state index contributed by atoms with van der Waals surface area (Å²) < 4.78 is 15.9. The fourth-order valence-electron chi connectivity index (χ4n) is 2.91. The van der Waals surface area contributed by atoms with Crippen LogP contribution in [0.4, 0.5) is 0 Å². The number of aromatic nitrogens is 1. The van der Waals surface area contributed by atoms with Crippen LogP contribution in [0.15, 0.2) is 53.3 Å². The van der Waals surface area contributed by atoms with E-state index in [1.807, 2.05) is 30.3 Å². The van der Waals surface area contributed by atoms with Gasteiger partial charge in [0, 0.05) is 22.9 Å². The van der Waals surface area contributed by atoms with Crippen molar-refractivity contribution >= 4 is 16.8 Å². The largest absolute Gasteiger partial charge is 0.497 e. The zero-order chi connectivity index (χ0) is 20.6. The molecule has 0 unspecified atom stereocenters. The summed E-state index contributed by atoms with van der Waals surface area (Å²) in [6.07, 6.45) is 0.578. The van der Waals surface area contributed by atoms with E-state index in [1.54, 1.807) is 32.4 Å². The Labute approximate surface area is 168 Å². The van der Waals surface area contributed by atoms with Gasteiger partial charge in [0.1, 0.15) is 23.9 Å². The number of pyridine rings is 1. The molecule has 0 bridgehead atoms. The van der Waals surface area contributed by atoms with Crippen molar-refractivity contribution < 1.29 is 19.0 Å². The maximum absolute atomic E-state index is 12.2. The standard InChI is InChI=1S/C22H24N2O5/c1-27-17-4-6-18(7-5-17)29-12-11-23-21(25)10-3-15-13-16-14-19(28-2)8-9-20(16)24-22(15)26/h4-9,13-14H,3,10-12H2,1-2H3,(H,23,25)(H,24,26). The van der Waals surface area contributed by atoms with Crippen molar-refractivity contribution in [2.45, 2.75) is 12.8 Å². The molecule has 2 aromatic carbocycles. The molecule has 7 heteroatoms. The Kier molecular flexibility index (Phi) is 6.73. The first-order valence-electron chi connectivity index (χ1n) is 9.32. The number of rotatable bonds is 9. The molecule has 0 fully saturated rings. The first kappa shape index (κ1) is 20.3. The minimum absolute atomic E-state index is 0.131. The van der Waals surface area contributed by atoms with Crippen molar-refractivity contribution in [2.75, 3.05) is 27.4 Å². The van der Waals surface area contributed by atoms with Gasteiger partial charge in [-0.2, -0.15) is 0 Å². The molecule has 0 saturated carbocycles.